The van der Waals surface area contributed by atoms with Crippen molar-refractivity contribution in [2.45, 2.75) is 13.3 Å². The molecule has 0 amide bonds. The van der Waals surface area contributed by atoms with Crippen LogP contribution in [0.4, 0.5) is 6.01 Å². The molecule has 2 heterocycles. The van der Waals surface area contributed by atoms with Gasteiger partial charge in [0.25, 0.3) is 6.01 Å². The standard InChI is InChI=1S/C13H14N4O/c1-3-9-12(18-13(14)16-9)8-4-5-11-10(6-8)15-7-17(11)2/h4-7H,3H2,1-2H3,(H2,14,16). The Labute approximate surface area is 104 Å². The molecule has 0 aliphatic rings. The number of aryl methyl sites for hydroxylation is 2. The highest BCUT2D eigenvalue weighted by molar-refractivity contribution is 5.81. The van der Waals surface area contributed by atoms with Gasteiger partial charge >= 0.3 is 0 Å². The predicted octanol–water partition coefficient (Wildman–Crippen LogP) is 2.37. The Kier molecular flexibility index (Phi) is 2.33. The minimum atomic E-state index is 0.211. The van der Waals surface area contributed by atoms with Gasteiger partial charge in [-0.1, -0.05) is 6.92 Å². The topological polar surface area (TPSA) is 69.9 Å². The first kappa shape index (κ1) is 10.8. The van der Waals surface area contributed by atoms with Crippen LogP contribution in [0.1, 0.15) is 12.6 Å². The SMILES string of the molecule is CCc1nc(N)oc1-c1ccc2c(c1)ncn2C. The fourth-order valence-electron chi connectivity index (χ4n) is 2.11. The summed E-state index contributed by atoms with van der Waals surface area (Å²) in [7, 11) is 1.97. The van der Waals surface area contributed by atoms with Crippen molar-refractivity contribution >= 4 is 17.0 Å². The van der Waals surface area contributed by atoms with Gasteiger partial charge in [0, 0.05) is 12.6 Å². The highest BCUT2D eigenvalue weighted by atomic mass is 16.4. The highest BCUT2D eigenvalue weighted by Crippen LogP contribution is 2.28. The van der Waals surface area contributed by atoms with E-state index in [1.165, 1.54) is 0 Å². The number of fused-ring (bicyclic) bond motifs is 1. The Morgan fingerprint density at radius 3 is 3.00 bits per heavy atom. The van der Waals surface area contributed by atoms with Crippen LogP contribution in [-0.4, -0.2) is 14.5 Å². The van der Waals surface area contributed by atoms with Crippen LogP contribution in [0.5, 0.6) is 0 Å². The van der Waals surface area contributed by atoms with Crippen LogP contribution in [-0.2, 0) is 13.5 Å². The Balaban J connectivity index is 2.18. The van der Waals surface area contributed by atoms with Crippen LogP contribution in [0.3, 0.4) is 0 Å². The zero-order valence-corrected chi connectivity index (χ0v) is 10.3. The zero-order valence-electron chi connectivity index (χ0n) is 10.3. The molecule has 5 nitrogen and oxygen atoms in total. The third-order valence-corrected chi connectivity index (χ3v) is 3.04. The molecule has 1 aromatic carbocycles. The lowest BCUT2D eigenvalue weighted by molar-refractivity contribution is 0.593. The van der Waals surface area contributed by atoms with Gasteiger partial charge in [-0.15, -0.1) is 0 Å². The summed E-state index contributed by atoms with van der Waals surface area (Å²) < 4.78 is 7.46. The molecule has 0 unspecified atom stereocenters. The van der Waals surface area contributed by atoms with Crippen LogP contribution >= 0.6 is 0 Å². The van der Waals surface area contributed by atoms with Gasteiger partial charge in [-0.3, -0.25) is 0 Å². The third kappa shape index (κ3) is 1.55. The molecule has 0 spiro atoms. The van der Waals surface area contributed by atoms with E-state index in [1.54, 1.807) is 6.33 Å². The minimum absolute atomic E-state index is 0.211. The summed E-state index contributed by atoms with van der Waals surface area (Å²) in [5, 5.41) is 0. The Morgan fingerprint density at radius 2 is 2.22 bits per heavy atom. The molecule has 0 bridgehead atoms. The van der Waals surface area contributed by atoms with Gasteiger partial charge in [0.05, 0.1) is 23.1 Å². The molecule has 3 aromatic rings. The maximum atomic E-state index is 5.61. The van der Waals surface area contributed by atoms with Gasteiger partial charge in [-0.2, -0.15) is 4.98 Å². The number of benzene rings is 1. The lowest BCUT2D eigenvalue weighted by Gasteiger charge is -2.00. The quantitative estimate of drug-likeness (QED) is 0.749. The van der Waals surface area contributed by atoms with Crippen molar-refractivity contribution in [2.24, 2.45) is 7.05 Å². The van der Waals surface area contributed by atoms with E-state index in [1.807, 2.05) is 36.7 Å². The number of nitrogens with zero attached hydrogens (tertiary/aromatic N) is 3. The van der Waals surface area contributed by atoms with Crippen LogP contribution < -0.4 is 5.73 Å². The number of nitrogens with two attached hydrogens (primary N) is 1. The normalized spacial score (nSPS) is 11.2. The van der Waals surface area contributed by atoms with E-state index in [9.17, 15) is 0 Å². The minimum Gasteiger partial charge on any atom is -0.423 e. The molecule has 0 aliphatic carbocycles. The molecule has 0 radical (unpaired) electrons. The number of nitrogen functional groups attached to an aromatic ring is 1. The van der Waals surface area contributed by atoms with Crippen molar-refractivity contribution in [1.82, 2.24) is 14.5 Å². The monoisotopic (exact) mass is 242 g/mol. The summed E-state index contributed by atoms with van der Waals surface area (Å²) >= 11 is 0. The lowest BCUT2D eigenvalue weighted by atomic mass is 10.1. The maximum absolute atomic E-state index is 5.61. The fourth-order valence-corrected chi connectivity index (χ4v) is 2.11. The van der Waals surface area contributed by atoms with Crippen molar-refractivity contribution in [1.29, 1.82) is 0 Å². The smallest absolute Gasteiger partial charge is 0.292 e. The van der Waals surface area contributed by atoms with Crippen LogP contribution in [0.2, 0.25) is 0 Å². The molecule has 2 aromatic heterocycles. The zero-order chi connectivity index (χ0) is 12.7. The summed E-state index contributed by atoms with van der Waals surface area (Å²) in [6.07, 6.45) is 2.58. The van der Waals surface area contributed by atoms with Gasteiger partial charge in [0.1, 0.15) is 0 Å². The molecule has 3 rings (SSSR count). The third-order valence-electron chi connectivity index (χ3n) is 3.04. The van der Waals surface area contributed by atoms with E-state index >= 15 is 0 Å². The average molecular weight is 242 g/mol. The van der Waals surface area contributed by atoms with Crippen molar-refractivity contribution in [3.63, 3.8) is 0 Å². The van der Waals surface area contributed by atoms with Gasteiger partial charge < -0.3 is 14.7 Å². The van der Waals surface area contributed by atoms with Gasteiger partial charge in [0.15, 0.2) is 5.76 Å². The highest BCUT2D eigenvalue weighted by Gasteiger charge is 2.13. The maximum Gasteiger partial charge on any atom is 0.292 e. The Hall–Kier alpha value is -2.30. The summed E-state index contributed by atoms with van der Waals surface area (Å²) in [4.78, 5) is 8.51. The van der Waals surface area contributed by atoms with Crippen LogP contribution in [0.15, 0.2) is 28.9 Å². The number of imidazole rings is 1. The number of oxazole rings is 1. The average Bonchev–Trinajstić information content (AvgIpc) is 2.93. The van der Waals surface area contributed by atoms with Gasteiger partial charge in [-0.05, 0) is 24.6 Å². The first-order chi connectivity index (χ1) is 8.69. The molecule has 0 saturated carbocycles. The molecule has 0 atom stereocenters. The fraction of sp³-hybridized carbons (Fsp3) is 0.231. The Morgan fingerprint density at radius 1 is 1.39 bits per heavy atom. The molecule has 5 heteroatoms. The summed E-state index contributed by atoms with van der Waals surface area (Å²) in [6.45, 7) is 2.03. The van der Waals surface area contributed by atoms with Gasteiger partial charge in [-0.25, -0.2) is 4.98 Å². The molecule has 0 fully saturated rings. The van der Waals surface area contributed by atoms with E-state index in [2.05, 4.69) is 9.97 Å². The van der Waals surface area contributed by atoms with Crippen molar-refractivity contribution in [3.05, 3.63) is 30.2 Å². The van der Waals surface area contributed by atoms with Gasteiger partial charge in [0.2, 0.25) is 0 Å². The first-order valence-electron chi connectivity index (χ1n) is 5.85. The van der Waals surface area contributed by atoms with Crippen molar-refractivity contribution < 1.29 is 4.42 Å². The number of hydrogen-bond acceptors (Lipinski definition) is 4. The van der Waals surface area contributed by atoms with Crippen LogP contribution in [0, 0.1) is 0 Å². The van der Waals surface area contributed by atoms with E-state index in [0.717, 1.165) is 34.5 Å². The van der Waals surface area contributed by atoms with E-state index in [4.69, 9.17) is 10.2 Å². The molecule has 2 N–H and O–H groups in total. The summed E-state index contributed by atoms with van der Waals surface area (Å²) in [5.74, 6) is 0.738. The number of aromatic nitrogens is 3. The Bertz CT molecular complexity index is 711. The van der Waals surface area contributed by atoms with E-state index < -0.39 is 0 Å². The lowest BCUT2D eigenvalue weighted by Crippen LogP contribution is -1.87. The van der Waals surface area contributed by atoms with Crippen molar-refractivity contribution in [2.75, 3.05) is 5.73 Å². The van der Waals surface area contributed by atoms with E-state index in [-0.39, 0.29) is 6.01 Å². The second kappa shape index (κ2) is 3.87. The number of rotatable bonds is 2. The molecule has 0 aliphatic heterocycles. The largest absolute Gasteiger partial charge is 0.423 e. The molecule has 92 valence electrons. The number of anilines is 1. The second-order valence-electron chi connectivity index (χ2n) is 4.24. The first-order valence-corrected chi connectivity index (χ1v) is 5.85. The van der Waals surface area contributed by atoms with Crippen molar-refractivity contribution in [3.8, 4) is 11.3 Å². The molecular weight excluding hydrogens is 228 g/mol. The molecular formula is C13H14N4O. The summed E-state index contributed by atoms with van der Waals surface area (Å²) in [5.41, 5.74) is 9.47. The van der Waals surface area contributed by atoms with Crippen LogP contribution in [0.25, 0.3) is 22.4 Å². The molecule has 0 saturated heterocycles. The summed E-state index contributed by atoms with van der Waals surface area (Å²) in [6, 6.07) is 6.23. The molecule has 18 heavy (non-hydrogen) atoms. The number of hydrogen-bond donors (Lipinski definition) is 1. The predicted molar refractivity (Wildman–Crippen MR) is 70.0 cm³/mol. The van der Waals surface area contributed by atoms with E-state index in [0.29, 0.717) is 0 Å². The second-order valence-corrected chi connectivity index (χ2v) is 4.24.